The zero-order valence-corrected chi connectivity index (χ0v) is 11.0. The van der Waals surface area contributed by atoms with Crippen molar-refractivity contribution in [3.8, 4) is 0 Å². The molecule has 0 aromatic carbocycles. The van der Waals surface area contributed by atoms with Crippen molar-refractivity contribution >= 4 is 21.8 Å². The third kappa shape index (κ3) is 4.51. The van der Waals surface area contributed by atoms with Crippen molar-refractivity contribution in [2.75, 3.05) is 32.1 Å². The van der Waals surface area contributed by atoms with E-state index < -0.39 is 0 Å². The van der Waals surface area contributed by atoms with Gasteiger partial charge in [-0.25, -0.2) is 0 Å². The number of alkyl halides is 1. The van der Waals surface area contributed by atoms with Gasteiger partial charge in [0.2, 0.25) is 5.91 Å². The zero-order chi connectivity index (χ0) is 11.1. The monoisotopic (exact) mass is 277 g/mol. The molecule has 1 atom stereocenters. The van der Waals surface area contributed by atoms with Crippen molar-refractivity contribution < 1.29 is 9.53 Å². The molecule has 15 heavy (non-hydrogen) atoms. The summed E-state index contributed by atoms with van der Waals surface area (Å²) in [6.45, 7) is 2.59. The summed E-state index contributed by atoms with van der Waals surface area (Å²) in [5, 5.41) is 0.993. The maximum absolute atomic E-state index is 11.7. The van der Waals surface area contributed by atoms with Gasteiger partial charge in [-0.05, 0) is 19.3 Å². The Morgan fingerprint density at radius 3 is 3.00 bits per heavy atom. The number of unbranched alkanes of at least 4 members (excludes halogenated alkanes) is 1. The molecule has 1 fully saturated rings. The lowest BCUT2D eigenvalue weighted by atomic mass is 10.1. The van der Waals surface area contributed by atoms with Gasteiger partial charge in [-0.15, -0.1) is 0 Å². The topological polar surface area (TPSA) is 29.5 Å². The van der Waals surface area contributed by atoms with Crippen LogP contribution >= 0.6 is 15.9 Å². The quantitative estimate of drug-likeness (QED) is 0.549. The van der Waals surface area contributed by atoms with Crippen LogP contribution in [0.2, 0.25) is 0 Å². The minimum atomic E-state index is 0.314. The van der Waals surface area contributed by atoms with Crippen molar-refractivity contribution in [1.82, 2.24) is 4.90 Å². The molecule has 1 aliphatic heterocycles. The van der Waals surface area contributed by atoms with Gasteiger partial charge in [-0.1, -0.05) is 15.9 Å². The smallest absolute Gasteiger partial charge is 0.222 e. The maximum atomic E-state index is 11.7. The average Bonchev–Trinajstić information content (AvgIpc) is 2.67. The number of methoxy groups -OCH3 is 1. The summed E-state index contributed by atoms with van der Waals surface area (Å²) < 4.78 is 5.11. The molecule has 4 heteroatoms. The Morgan fingerprint density at radius 1 is 1.53 bits per heavy atom. The molecule has 0 aliphatic carbocycles. The van der Waals surface area contributed by atoms with E-state index in [1.807, 2.05) is 4.90 Å². The molecule has 0 aromatic rings. The molecule has 1 rings (SSSR count). The second-order valence-electron chi connectivity index (χ2n) is 4.10. The molecular weight excluding hydrogens is 258 g/mol. The second kappa shape index (κ2) is 7.23. The molecule has 1 aliphatic rings. The van der Waals surface area contributed by atoms with Crippen LogP contribution in [0.3, 0.4) is 0 Å². The fraction of sp³-hybridized carbons (Fsp3) is 0.909. The zero-order valence-electron chi connectivity index (χ0n) is 9.38. The molecule has 3 nitrogen and oxygen atoms in total. The van der Waals surface area contributed by atoms with Crippen LogP contribution in [0.15, 0.2) is 0 Å². The minimum absolute atomic E-state index is 0.314. The Hall–Kier alpha value is -0.0900. The number of likely N-dealkylation sites (tertiary alicyclic amines) is 1. The van der Waals surface area contributed by atoms with Crippen LogP contribution in [-0.2, 0) is 9.53 Å². The first-order valence-corrected chi connectivity index (χ1v) is 6.72. The Bertz CT molecular complexity index is 199. The third-order valence-electron chi connectivity index (χ3n) is 2.82. The number of amides is 1. The summed E-state index contributed by atoms with van der Waals surface area (Å²) in [5.74, 6) is 0.865. The van der Waals surface area contributed by atoms with Crippen LogP contribution in [0.1, 0.15) is 25.7 Å². The normalized spacial score (nSPS) is 20.9. The van der Waals surface area contributed by atoms with E-state index in [1.165, 1.54) is 0 Å². The van der Waals surface area contributed by atoms with Crippen molar-refractivity contribution in [2.45, 2.75) is 25.7 Å². The van der Waals surface area contributed by atoms with Gasteiger partial charge in [0, 0.05) is 37.9 Å². The number of ether oxygens (including phenoxy) is 1. The maximum Gasteiger partial charge on any atom is 0.222 e. The summed E-state index contributed by atoms with van der Waals surface area (Å²) in [6, 6.07) is 0. The molecular formula is C11H20BrNO2. The predicted octanol–water partition coefficient (Wildman–Crippen LogP) is 2.05. The number of hydrogen-bond donors (Lipinski definition) is 0. The molecule has 1 unspecified atom stereocenters. The highest BCUT2D eigenvalue weighted by Gasteiger charge is 2.25. The molecule has 88 valence electrons. The number of carbonyl (C=O) groups excluding carboxylic acids is 1. The molecule has 0 radical (unpaired) electrons. The van der Waals surface area contributed by atoms with Gasteiger partial charge in [0.05, 0.1) is 6.61 Å². The predicted molar refractivity (Wildman–Crippen MR) is 64.2 cm³/mol. The van der Waals surface area contributed by atoms with Gasteiger partial charge in [-0.3, -0.25) is 4.79 Å². The van der Waals surface area contributed by atoms with E-state index in [9.17, 15) is 4.79 Å². The molecule has 1 heterocycles. The number of carbonyl (C=O) groups is 1. The van der Waals surface area contributed by atoms with E-state index in [0.29, 0.717) is 18.2 Å². The van der Waals surface area contributed by atoms with E-state index in [4.69, 9.17) is 4.74 Å². The molecule has 0 N–H and O–H groups in total. The standard InChI is InChI=1S/C11H20BrNO2/c1-15-9-10-5-7-13(8-10)11(14)4-2-3-6-12/h10H,2-9H2,1H3. The second-order valence-corrected chi connectivity index (χ2v) is 4.89. The Labute approximate surface area is 100 Å². The highest BCUT2D eigenvalue weighted by Crippen LogP contribution is 2.17. The Morgan fingerprint density at radius 2 is 2.33 bits per heavy atom. The molecule has 1 saturated heterocycles. The summed E-state index contributed by atoms with van der Waals surface area (Å²) in [4.78, 5) is 13.7. The van der Waals surface area contributed by atoms with Crippen molar-refractivity contribution in [2.24, 2.45) is 5.92 Å². The SMILES string of the molecule is COCC1CCN(C(=O)CCCCBr)C1. The van der Waals surface area contributed by atoms with Crippen molar-refractivity contribution in [3.63, 3.8) is 0 Å². The number of hydrogen-bond acceptors (Lipinski definition) is 2. The first-order valence-electron chi connectivity index (χ1n) is 5.60. The molecule has 1 amide bonds. The lowest BCUT2D eigenvalue weighted by molar-refractivity contribution is -0.130. The van der Waals surface area contributed by atoms with Gasteiger partial charge in [0.15, 0.2) is 0 Å². The van der Waals surface area contributed by atoms with Crippen LogP contribution in [0, 0.1) is 5.92 Å². The van der Waals surface area contributed by atoms with E-state index >= 15 is 0 Å². The lowest BCUT2D eigenvalue weighted by Gasteiger charge is -2.16. The van der Waals surface area contributed by atoms with E-state index in [-0.39, 0.29) is 0 Å². The summed E-state index contributed by atoms with van der Waals surface area (Å²) in [5.41, 5.74) is 0. The summed E-state index contributed by atoms with van der Waals surface area (Å²) in [7, 11) is 1.72. The fourth-order valence-corrected chi connectivity index (χ4v) is 2.36. The van der Waals surface area contributed by atoms with Gasteiger partial charge >= 0.3 is 0 Å². The summed E-state index contributed by atoms with van der Waals surface area (Å²) in [6.07, 6.45) is 3.87. The van der Waals surface area contributed by atoms with E-state index in [1.54, 1.807) is 7.11 Å². The Kier molecular flexibility index (Phi) is 6.25. The number of nitrogens with zero attached hydrogens (tertiary/aromatic N) is 1. The first kappa shape index (κ1) is 13.0. The first-order chi connectivity index (χ1) is 7.27. The average molecular weight is 278 g/mol. The van der Waals surface area contributed by atoms with Crippen LogP contribution in [-0.4, -0.2) is 42.9 Å². The van der Waals surface area contributed by atoms with Crippen LogP contribution in [0.4, 0.5) is 0 Å². The molecule has 0 saturated carbocycles. The van der Waals surface area contributed by atoms with Crippen molar-refractivity contribution in [1.29, 1.82) is 0 Å². The lowest BCUT2D eigenvalue weighted by Crippen LogP contribution is -2.28. The number of rotatable bonds is 6. The fourth-order valence-electron chi connectivity index (χ4n) is 1.96. The van der Waals surface area contributed by atoms with Gasteiger partial charge in [0.1, 0.15) is 0 Å². The largest absolute Gasteiger partial charge is 0.384 e. The molecule has 0 spiro atoms. The molecule has 0 bridgehead atoms. The highest BCUT2D eigenvalue weighted by molar-refractivity contribution is 9.09. The minimum Gasteiger partial charge on any atom is -0.384 e. The van der Waals surface area contributed by atoms with Gasteiger partial charge in [-0.2, -0.15) is 0 Å². The third-order valence-corrected chi connectivity index (χ3v) is 3.38. The van der Waals surface area contributed by atoms with E-state index in [0.717, 1.165) is 44.3 Å². The van der Waals surface area contributed by atoms with Crippen LogP contribution in [0.25, 0.3) is 0 Å². The van der Waals surface area contributed by atoms with Gasteiger partial charge in [0.25, 0.3) is 0 Å². The van der Waals surface area contributed by atoms with Gasteiger partial charge < -0.3 is 9.64 Å². The molecule has 0 aromatic heterocycles. The highest BCUT2D eigenvalue weighted by atomic mass is 79.9. The number of halogens is 1. The van der Waals surface area contributed by atoms with Crippen molar-refractivity contribution in [3.05, 3.63) is 0 Å². The Balaban J connectivity index is 2.18. The van der Waals surface area contributed by atoms with E-state index in [2.05, 4.69) is 15.9 Å². The summed E-state index contributed by atoms with van der Waals surface area (Å²) >= 11 is 3.37. The van der Waals surface area contributed by atoms with Crippen LogP contribution < -0.4 is 0 Å². The van der Waals surface area contributed by atoms with Crippen LogP contribution in [0.5, 0.6) is 0 Å².